The summed E-state index contributed by atoms with van der Waals surface area (Å²) >= 11 is 0. The summed E-state index contributed by atoms with van der Waals surface area (Å²) in [5.74, 6) is 1.06. The molecule has 0 aliphatic rings. The lowest BCUT2D eigenvalue weighted by Crippen LogP contribution is -2.24. The largest absolute Gasteiger partial charge is 0.497 e. The first-order valence-corrected chi connectivity index (χ1v) is 12.6. The van der Waals surface area contributed by atoms with E-state index in [-0.39, 0.29) is 17.8 Å². The number of hydrogen-bond donors (Lipinski definition) is 0. The molecule has 2 unspecified atom stereocenters. The van der Waals surface area contributed by atoms with Crippen LogP contribution in [0.25, 0.3) is 0 Å². The van der Waals surface area contributed by atoms with Crippen LogP contribution in [0, 0.1) is 0 Å². The van der Waals surface area contributed by atoms with E-state index in [1.54, 1.807) is 14.0 Å². The third-order valence-corrected chi connectivity index (χ3v) is 6.30. The van der Waals surface area contributed by atoms with Crippen LogP contribution in [0.4, 0.5) is 0 Å². The number of methoxy groups -OCH3 is 1. The quantitative estimate of drug-likeness (QED) is 0.182. The number of unbranched alkanes of at least 4 members (excludes halogenated alkanes) is 5. The van der Waals surface area contributed by atoms with E-state index in [2.05, 4.69) is 56.0 Å². The van der Waals surface area contributed by atoms with Gasteiger partial charge in [0.05, 0.1) is 13.2 Å². The molecular weight excluding hydrogens is 408 g/mol. The number of rotatable bonds is 17. The molecule has 0 bridgehead atoms. The molecule has 0 radical (unpaired) electrons. The zero-order valence-electron chi connectivity index (χ0n) is 20.9. The van der Waals surface area contributed by atoms with Crippen LogP contribution in [0.1, 0.15) is 88.7 Å². The summed E-state index contributed by atoms with van der Waals surface area (Å²) in [4.78, 5) is 11.6. The van der Waals surface area contributed by atoms with Gasteiger partial charge in [0, 0.05) is 12.5 Å². The molecule has 0 saturated heterocycles. The van der Waals surface area contributed by atoms with Gasteiger partial charge in [0.15, 0.2) is 5.78 Å². The molecule has 0 aliphatic heterocycles. The second-order valence-corrected chi connectivity index (χ2v) is 8.89. The predicted molar refractivity (Wildman–Crippen MR) is 138 cm³/mol. The number of allylic oxidation sites excluding steroid dienone is 1. The van der Waals surface area contributed by atoms with E-state index < -0.39 is 0 Å². The fourth-order valence-corrected chi connectivity index (χ4v) is 4.25. The van der Waals surface area contributed by atoms with Crippen molar-refractivity contribution in [2.45, 2.75) is 83.7 Å². The normalized spacial score (nSPS) is 12.8. The van der Waals surface area contributed by atoms with Crippen molar-refractivity contribution in [2.75, 3.05) is 13.7 Å². The van der Waals surface area contributed by atoms with Gasteiger partial charge in [-0.05, 0) is 61.4 Å². The third-order valence-electron chi connectivity index (χ3n) is 6.30. The SMILES string of the molecule is C=C(CCCC(OCCCCCCCC)C(c1ccccc1)c1ccc(OC)cc1)C(C)=O. The molecule has 2 aromatic rings. The van der Waals surface area contributed by atoms with Gasteiger partial charge in [-0.3, -0.25) is 4.79 Å². The minimum Gasteiger partial charge on any atom is -0.497 e. The van der Waals surface area contributed by atoms with Gasteiger partial charge < -0.3 is 9.47 Å². The summed E-state index contributed by atoms with van der Waals surface area (Å²) in [5, 5.41) is 0. The van der Waals surface area contributed by atoms with Crippen LogP contribution in [0.2, 0.25) is 0 Å². The van der Waals surface area contributed by atoms with E-state index in [1.807, 2.05) is 12.1 Å². The van der Waals surface area contributed by atoms with Gasteiger partial charge in [-0.15, -0.1) is 0 Å². The molecule has 0 aliphatic carbocycles. The first kappa shape index (κ1) is 26.9. The molecule has 3 nitrogen and oxygen atoms in total. The molecule has 3 heteroatoms. The van der Waals surface area contributed by atoms with Gasteiger partial charge in [0.2, 0.25) is 0 Å². The van der Waals surface area contributed by atoms with Crippen LogP contribution in [0.3, 0.4) is 0 Å². The lowest BCUT2D eigenvalue weighted by atomic mass is 9.84. The van der Waals surface area contributed by atoms with Crippen molar-refractivity contribution >= 4 is 5.78 Å². The third kappa shape index (κ3) is 9.55. The number of ether oxygens (including phenoxy) is 2. The number of carbonyl (C=O) groups is 1. The Balaban J connectivity index is 2.17. The van der Waals surface area contributed by atoms with Crippen molar-refractivity contribution in [2.24, 2.45) is 0 Å². The van der Waals surface area contributed by atoms with Gasteiger partial charge in [0.1, 0.15) is 5.75 Å². The van der Waals surface area contributed by atoms with Gasteiger partial charge in [-0.1, -0.05) is 88.1 Å². The molecule has 180 valence electrons. The van der Waals surface area contributed by atoms with Gasteiger partial charge in [-0.2, -0.15) is 0 Å². The number of carbonyl (C=O) groups excluding carboxylic acids is 1. The zero-order valence-corrected chi connectivity index (χ0v) is 20.9. The summed E-state index contributed by atoms with van der Waals surface area (Å²) in [6.07, 6.45) is 10.0. The highest BCUT2D eigenvalue weighted by Gasteiger charge is 2.26. The van der Waals surface area contributed by atoms with E-state index in [4.69, 9.17) is 9.47 Å². The first-order chi connectivity index (χ1) is 16.1. The van der Waals surface area contributed by atoms with Crippen molar-refractivity contribution in [3.05, 3.63) is 77.9 Å². The lowest BCUT2D eigenvalue weighted by molar-refractivity contribution is -0.113. The second-order valence-electron chi connectivity index (χ2n) is 8.89. The Hall–Kier alpha value is -2.39. The lowest BCUT2D eigenvalue weighted by Gasteiger charge is -2.29. The van der Waals surface area contributed by atoms with E-state index in [0.717, 1.165) is 38.0 Å². The average molecular weight is 451 g/mol. The molecule has 0 saturated carbocycles. The summed E-state index contributed by atoms with van der Waals surface area (Å²) in [7, 11) is 1.69. The van der Waals surface area contributed by atoms with Crippen LogP contribution < -0.4 is 4.74 Å². The molecule has 2 rings (SSSR count). The molecule has 2 atom stereocenters. The molecule has 0 heterocycles. The standard InChI is InChI=1S/C30H42O3/c1-5-6-7-8-9-13-23-33-29(18-14-15-24(2)25(3)31)30(26-16-11-10-12-17-26)27-19-21-28(32-4)22-20-27/h10-12,16-17,19-22,29-30H,2,5-9,13-15,18,23H2,1,3-4H3. The van der Waals surface area contributed by atoms with Gasteiger partial charge in [-0.25, -0.2) is 0 Å². The Kier molecular flexibility index (Phi) is 12.6. The molecule has 0 aromatic heterocycles. The van der Waals surface area contributed by atoms with Crippen molar-refractivity contribution < 1.29 is 14.3 Å². The summed E-state index contributed by atoms with van der Waals surface area (Å²) in [6, 6.07) is 18.9. The van der Waals surface area contributed by atoms with E-state index >= 15 is 0 Å². The minimum atomic E-state index is 0.0381. The monoisotopic (exact) mass is 450 g/mol. The predicted octanol–water partition coefficient (Wildman–Crippen LogP) is 7.89. The van der Waals surface area contributed by atoms with Gasteiger partial charge >= 0.3 is 0 Å². The molecule has 0 N–H and O–H groups in total. The molecule has 33 heavy (non-hydrogen) atoms. The van der Waals surface area contributed by atoms with Crippen molar-refractivity contribution in [3.63, 3.8) is 0 Å². The smallest absolute Gasteiger partial charge is 0.155 e. The highest BCUT2D eigenvalue weighted by Crippen LogP contribution is 2.34. The molecule has 2 aromatic carbocycles. The summed E-state index contributed by atoms with van der Waals surface area (Å²) < 4.78 is 11.9. The van der Waals surface area contributed by atoms with Gasteiger partial charge in [0.25, 0.3) is 0 Å². The van der Waals surface area contributed by atoms with E-state index in [1.165, 1.54) is 43.2 Å². The fourth-order valence-electron chi connectivity index (χ4n) is 4.25. The van der Waals surface area contributed by atoms with Crippen LogP contribution in [0.15, 0.2) is 66.7 Å². The molecule has 0 fully saturated rings. The maximum Gasteiger partial charge on any atom is 0.155 e. The maximum atomic E-state index is 11.6. The number of benzene rings is 2. The number of hydrogen-bond acceptors (Lipinski definition) is 3. The van der Waals surface area contributed by atoms with Crippen LogP contribution in [-0.2, 0) is 9.53 Å². The highest BCUT2D eigenvalue weighted by molar-refractivity contribution is 5.92. The average Bonchev–Trinajstić information content (AvgIpc) is 2.84. The van der Waals surface area contributed by atoms with Crippen molar-refractivity contribution in [3.8, 4) is 5.75 Å². The molecule has 0 amide bonds. The number of Topliss-reactive ketones (excluding diaryl/α,β-unsaturated/α-hetero) is 1. The van der Waals surface area contributed by atoms with Crippen molar-refractivity contribution in [1.82, 2.24) is 0 Å². The minimum absolute atomic E-state index is 0.0381. The Morgan fingerprint density at radius 3 is 2.15 bits per heavy atom. The van der Waals surface area contributed by atoms with Crippen molar-refractivity contribution in [1.29, 1.82) is 0 Å². The van der Waals surface area contributed by atoms with E-state index in [0.29, 0.717) is 5.57 Å². The topological polar surface area (TPSA) is 35.5 Å². The highest BCUT2D eigenvalue weighted by atomic mass is 16.5. The maximum absolute atomic E-state index is 11.6. The molecular formula is C30H42O3. The Labute approximate surface area is 201 Å². The summed E-state index contributed by atoms with van der Waals surface area (Å²) in [6.45, 7) is 8.55. The fraction of sp³-hybridized carbons (Fsp3) is 0.500. The Morgan fingerprint density at radius 2 is 1.52 bits per heavy atom. The van der Waals surface area contributed by atoms with Crippen LogP contribution in [-0.4, -0.2) is 25.6 Å². The molecule has 0 spiro atoms. The zero-order chi connectivity index (χ0) is 23.9. The van der Waals surface area contributed by atoms with Crippen LogP contribution in [0.5, 0.6) is 5.75 Å². The number of ketones is 1. The second kappa shape index (κ2) is 15.4. The van der Waals surface area contributed by atoms with Crippen LogP contribution >= 0.6 is 0 Å². The van der Waals surface area contributed by atoms with E-state index in [9.17, 15) is 4.79 Å². The Morgan fingerprint density at radius 1 is 0.879 bits per heavy atom. The summed E-state index contributed by atoms with van der Waals surface area (Å²) in [5.41, 5.74) is 3.17. The Bertz CT molecular complexity index is 810. The first-order valence-electron chi connectivity index (χ1n) is 12.6.